The molecule has 0 spiro atoms. The van der Waals surface area contributed by atoms with Gasteiger partial charge in [0, 0.05) is 11.6 Å². The summed E-state index contributed by atoms with van der Waals surface area (Å²) in [6.45, 7) is 7.36. The molecule has 0 radical (unpaired) electrons. The summed E-state index contributed by atoms with van der Waals surface area (Å²) in [4.78, 5) is 12.2. The molecule has 3 rings (SSSR count). The van der Waals surface area contributed by atoms with E-state index in [1.807, 2.05) is 44.2 Å². The summed E-state index contributed by atoms with van der Waals surface area (Å²) in [5.74, 6) is 2.33. The molecule has 1 aromatic heterocycles. The predicted molar refractivity (Wildman–Crippen MR) is 125 cm³/mol. The second kappa shape index (κ2) is 12.3. The van der Waals surface area contributed by atoms with E-state index in [2.05, 4.69) is 15.5 Å². The van der Waals surface area contributed by atoms with Crippen molar-refractivity contribution in [3.05, 3.63) is 60.7 Å². The summed E-state index contributed by atoms with van der Waals surface area (Å²) < 4.78 is 22.1. The Hall–Kier alpha value is -3.81. The first-order chi connectivity index (χ1) is 16.1. The lowest BCUT2D eigenvalue weighted by molar-refractivity contribution is -0.127. The van der Waals surface area contributed by atoms with Crippen molar-refractivity contribution in [3.8, 4) is 34.4 Å². The van der Waals surface area contributed by atoms with Crippen LogP contribution < -0.4 is 24.3 Å². The first-order valence-corrected chi connectivity index (χ1v) is 11.0. The quantitative estimate of drug-likeness (QED) is 0.418. The number of hydrogen-bond donors (Lipinski definition) is 1. The van der Waals surface area contributed by atoms with Crippen LogP contribution in [0.3, 0.4) is 0 Å². The molecule has 0 aliphatic rings. The average molecular weight is 452 g/mol. The molecule has 0 saturated heterocycles. The summed E-state index contributed by atoms with van der Waals surface area (Å²) in [7, 11) is 0. The van der Waals surface area contributed by atoms with Gasteiger partial charge < -0.3 is 24.3 Å². The van der Waals surface area contributed by atoms with Gasteiger partial charge in [0.15, 0.2) is 6.10 Å². The van der Waals surface area contributed by atoms with Crippen LogP contribution in [0.5, 0.6) is 23.1 Å². The van der Waals surface area contributed by atoms with Crippen molar-refractivity contribution in [3.63, 3.8) is 0 Å². The van der Waals surface area contributed by atoms with Gasteiger partial charge in [0.25, 0.3) is 5.91 Å². The zero-order chi connectivity index (χ0) is 23.5. The number of nitrogens with one attached hydrogen (secondary N) is 1. The molecule has 0 saturated carbocycles. The molecule has 8 nitrogen and oxygen atoms in total. The topological polar surface area (TPSA) is 91.8 Å². The summed E-state index contributed by atoms with van der Waals surface area (Å²) >= 11 is 0. The molecule has 8 heteroatoms. The van der Waals surface area contributed by atoms with Crippen molar-refractivity contribution in [2.75, 3.05) is 26.4 Å². The lowest BCUT2D eigenvalue weighted by Gasteiger charge is -2.15. The van der Waals surface area contributed by atoms with Crippen LogP contribution in [0.15, 0.2) is 60.7 Å². The second-order valence-corrected chi connectivity index (χ2v) is 7.02. The van der Waals surface area contributed by atoms with E-state index >= 15 is 0 Å². The third-order valence-electron chi connectivity index (χ3n) is 4.57. The minimum Gasteiger partial charge on any atom is -0.494 e. The predicted octanol–water partition coefficient (Wildman–Crippen LogP) is 3.90. The van der Waals surface area contributed by atoms with Crippen molar-refractivity contribution in [1.29, 1.82) is 0 Å². The molecule has 3 aromatic rings. The molecule has 0 aliphatic heterocycles. The second-order valence-electron chi connectivity index (χ2n) is 7.02. The molecule has 174 valence electrons. The molecular formula is C25H29N3O5. The Labute approximate surface area is 193 Å². The summed E-state index contributed by atoms with van der Waals surface area (Å²) in [5, 5.41) is 11.1. The largest absolute Gasteiger partial charge is 0.494 e. The fourth-order valence-electron chi connectivity index (χ4n) is 2.95. The lowest BCUT2D eigenvalue weighted by Crippen LogP contribution is -2.38. The van der Waals surface area contributed by atoms with Crippen LogP contribution in [0, 0.1) is 0 Å². The number of amides is 1. The number of carbonyl (C=O) groups excluding carboxylic acids is 1. The zero-order valence-corrected chi connectivity index (χ0v) is 19.1. The molecule has 0 aliphatic carbocycles. The van der Waals surface area contributed by atoms with Crippen molar-refractivity contribution in [2.45, 2.75) is 26.9 Å². The van der Waals surface area contributed by atoms with Crippen LogP contribution in [0.4, 0.5) is 0 Å². The minimum absolute atomic E-state index is 0.232. The fraction of sp³-hybridized carbons (Fsp3) is 0.320. The molecule has 0 bridgehead atoms. The minimum atomic E-state index is -0.642. The van der Waals surface area contributed by atoms with Crippen molar-refractivity contribution < 1.29 is 23.7 Å². The Morgan fingerprint density at radius 3 is 2.00 bits per heavy atom. The number of nitrogens with zero attached hydrogens (tertiary/aromatic N) is 2. The normalized spacial score (nSPS) is 11.4. The van der Waals surface area contributed by atoms with Gasteiger partial charge in [-0.1, -0.05) is 0 Å². The molecule has 1 heterocycles. The van der Waals surface area contributed by atoms with Crippen LogP contribution >= 0.6 is 0 Å². The van der Waals surface area contributed by atoms with E-state index in [9.17, 15) is 4.79 Å². The maximum Gasteiger partial charge on any atom is 0.260 e. The molecule has 1 amide bonds. The van der Waals surface area contributed by atoms with E-state index in [0.717, 1.165) is 22.8 Å². The van der Waals surface area contributed by atoms with Gasteiger partial charge in [-0.15, -0.1) is 10.2 Å². The molecule has 2 aromatic carbocycles. The van der Waals surface area contributed by atoms with Crippen LogP contribution in [-0.4, -0.2) is 48.6 Å². The number of aromatic nitrogens is 2. The van der Waals surface area contributed by atoms with Crippen molar-refractivity contribution >= 4 is 5.91 Å². The van der Waals surface area contributed by atoms with Gasteiger partial charge in [0.2, 0.25) is 5.88 Å². The highest BCUT2D eigenvalue weighted by Gasteiger charge is 2.14. The van der Waals surface area contributed by atoms with Gasteiger partial charge in [0.05, 0.1) is 25.5 Å². The Morgan fingerprint density at radius 2 is 1.42 bits per heavy atom. The number of carbonyl (C=O) groups is 1. The van der Waals surface area contributed by atoms with Gasteiger partial charge in [-0.25, -0.2) is 0 Å². The van der Waals surface area contributed by atoms with Gasteiger partial charge >= 0.3 is 0 Å². The van der Waals surface area contributed by atoms with E-state index in [0.29, 0.717) is 31.4 Å². The zero-order valence-electron chi connectivity index (χ0n) is 19.1. The van der Waals surface area contributed by atoms with Crippen molar-refractivity contribution in [2.24, 2.45) is 0 Å². The van der Waals surface area contributed by atoms with E-state index in [4.69, 9.17) is 18.9 Å². The average Bonchev–Trinajstić information content (AvgIpc) is 2.84. The Kier molecular flexibility index (Phi) is 8.88. The molecule has 1 N–H and O–H groups in total. The standard InChI is InChI=1S/C25H29N3O5/c1-4-30-20-8-6-19(7-9-20)23-14-15-24(28-27-23)32-17-16-26-25(29)18(3)33-22-12-10-21(11-13-22)31-5-2/h6-15,18H,4-5,16-17H2,1-3H3,(H,26,29). The SMILES string of the molecule is CCOc1ccc(OC(C)C(=O)NCCOc2ccc(-c3ccc(OCC)cc3)nn2)cc1. The maximum absolute atomic E-state index is 12.2. The first kappa shape index (κ1) is 23.8. The number of benzene rings is 2. The third-order valence-corrected chi connectivity index (χ3v) is 4.57. The van der Waals surface area contributed by atoms with Crippen LogP contribution in [0.1, 0.15) is 20.8 Å². The van der Waals surface area contributed by atoms with Gasteiger partial charge in [0.1, 0.15) is 23.9 Å². The monoisotopic (exact) mass is 451 g/mol. The number of hydrogen-bond acceptors (Lipinski definition) is 7. The van der Waals surface area contributed by atoms with Gasteiger partial charge in [-0.3, -0.25) is 4.79 Å². The Balaban J connectivity index is 1.39. The fourth-order valence-corrected chi connectivity index (χ4v) is 2.95. The highest BCUT2D eigenvalue weighted by atomic mass is 16.5. The van der Waals surface area contributed by atoms with Crippen molar-refractivity contribution in [1.82, 2.24) is 15.5 Å². The Morgan fingerprint density at radius 1 is 0.818 bits per heavy atom. The van der Waals surface area contributed by atoms with Gasteiger partial charge in [-0.2, -0.15) is 0 Å². The summed E-state index contributed by atoms with van der Waals surface area (Å²) in [5.41, 5.74) is 1.67. The first-order valence-electron chi connectivity index (χ1n) is 11.0. The molecule has 0 fully saturated rings. The summed E-state index contributed by atoms with van der Waals surface area (Å²) in [6, 6.07) is 18.4. The highest BCUT2D eigenvalue weighted by molar-refractivity contribution is 5.80. The van der Waals surface area contributed by atoms with E-state index in [1.54, 1.807) is 37.3 Å². The van der Waals surface area contributed by atoms with Crippen LogP contribution in [0.2, 0.25) is 0 Å². The van der Waals surface area contributed by atoms with E-state index in [-0.39, 0.29) is 12.5 Å². The summed E-state index contributed by atoms with van der Waals surface area (Å²) in [6.07, 6.45) is -0.642. The number of ether oxygens (including phenoxy) is 4. The Bertz CT molecular complexity index is 992. The van der Waals surface area contributed by atoms with Crippen LogP contribution in [-0.2, 0) is 4.79 Å². The van der Waals surface area contributed by atoms with E-state index in [1.165, 1.54) is 0 Å². The molecule has 1 atom stereocenters. The lowest BCUT2D eigenvalue weighted by atomic mass is 10.1. The molecule has 1 unspecified atom stereocenters. The van der Waals surface area contributed by atoms with E-state index < -0.39 is 6.10 Å². The van der Waals surface area contributed by atoms with Gasteiger partial charge in [-0.05, 0) is 75.4 Å². The molecular weight excluding hydrogens is 422 g/mol. The highest BCUT2D eigenvalue weighted by Crippen LogP contribution is 2.21. The molecule has 33 heavy (non-hydrogen) atoms. The smallest absolute Gasteiger partial charge is 0.260 e. The van der Waals surface area contributed by atoms with Crippen LogP contribution in [0.25, 0.3) is 11.3 Å². The third kappa shape index (κ3) is 7.38. The maximum atomic E-state index is 12.2. The number of rotatable bonds is 12.